The van der Waals surface area contributed by atoms with Gasteiger partial charge in [0, 0.05) is 27.6 Å². The van der Waals surface area contributed by atoms with Crippen LogP contribution < -0.4 is 14.9 Å². The molecule has 0 unspecified atom stereocenters. The highest BCUT2D eigenvalue weighted by atomic mass is 35.5. The standard InChI is InChI=1S/C28H24Cl2N2O5/c29-22-11-6-19(7-12-22)27(34)36-24-15-10-21(17-31-32-26(33)18-4-2-1-3-5-18)25(16-24)37-28(35)20-8-13-23(30)14-9-20/h6-18H,1-5H2,(H,32,33)/b31-17+. The van der Waals surface area contributed by atoms with Gasteiger partial charge in [0.1, 0.15) is 11.5 Å². The number of ether oxygens (including phenoxy) is 2. The highest BCUT2D eigenvalue weighted by Crippen LogP contribution is 2.27. The minimum absolute atomic E-state index is 0.0530. The van der Waals surface area contributed by atoms with E-state index in [1.807, 2.05) is 0 Å². The number of carbonyl (C=O) groups excluding carboxylic acids is 3. The van der Waals surface area contributed by atoms with Gasteiger partial charge in [-0.05, 0) is 73.5 Å². The van der Waals surface area contributed by atoms with Crippen LogP contribution in [0.1, 0.15) is 58.4 Å². The van der Waals surface area contributed by atoms with Crippen molar-refractivity contribution in [3.63, 3.8) is 0 Å². The summed E-state index contributed by atoms with van der Waals surface area (Å²) in [4.78, 5) is 37.7. The van der Waals surface area contributed by atoms with Crippen molar-refractivity contribution < 1.29 is 23.9 Å². The first-order valence-corrected chi connectivity index (χ1v) is 12.6. The number of carbonyl (C=O) groups is 3. The lowest BCUT2D eigenvalue weighted by Gasteiger charge is -2.19. The highest BCUT2D eigenvalue weighted by molar-refractivity contribution is 6.31. The van der Waals surface area contributed by atoms with Gasteiger partial charge in [0.05, 0.1) is 17.3 Å². The molecular formula is C28H24Cl2N2O5. The minimum Gasteiger partial charge on any atom is -0.423 e. The molecule has 37 heavy (non-hydrogen) atoms. The fourth-order valence-electron chi connectivity index (χ4n) is 3.89. The maximum Gasteiger partial charge on any atom is 0.343 e. The van der Waals surface area contributed by atoms with E-state index in [1.54, 1.807) is 42.5 Å². The van der Waals surface area contributed by atoms with Crippen molar-refractivity contribution in [2.75, 3.05) is 0 Å². The van der Waals surface area contributed by atoms with Gasteiger partial charge in [0.25, 0.3) is 0 Å². The molecule has 190 valence electrons. The van der Waals surface area contributed by atoms with Crippen molar-refractivity contribution in [2.45, 2.75) is 32.1 Å². The first-order chi connectivity index (χ1) is 17.9. The number of nitrogens with zero attached hydrogens (tertiary/aromatic N) is 1. The number of hydrazone groups is 1. The molecule has 3 aromatic rings. The van der Waals surface area contributed by atoms with Crippen LogP contribution in [0.5, 0.6) is 11.5 Å². The van der Waals surface area contributed by atoms with Gasteiger partial charge in [-0.25, -0.2) is 15.0 Å². The van der Waals surface area contributed by atoms with Gasteiger partial charge in [-0.2, -0.15) is 5.10 Å². The van der Waals surface area contributed by atoms with Crippen LogP contribution in [0.15, 0.2) is 71.8 Å². The third-order valence-corrected chi connectivity index (χ3v) is 6.42. The topological polar surface area (TPSA) is 94.1 Å². The Balaban J connectivity index is 1.53. The molecule has 1 aliphatic carbocycles. The predicted octanol–water partition coefficient (Wildman–Crippen LogP) is 6.46. The molecule has 0 atom stereocenters. The van der Waals surface area contributed by atoms with Crippen molar-refractivity contribution in [3.05, 3.63) is 93.5 Å². The summed E-state index contributed by atoms with van der Waals surface area (Å²) in [5.74, 6) is -1.18. The largest absolute Gasteiger partial charge is 0.423 e. The molecule has 1 saturated carbocycles. The summed E-state index contributed by atoms with van der Waals surface area (Å²) in [5.41, 5.74) is 3.56. The molecule has 1 N–H and O–H groups in total. The Labute approximate surface area is 224 Å². The van der Waals surface area contributed by atoms with E-state index in [4.69, 9.17) is 32.7 Å². The zero-order valence-corrected chi connectivity index (χ0v) is 21.3. The Morgan fingerprint density at radius 2 is 1.35 bits per heavy atom. The number of benzene rings is 3. The summed E-state index contributed by atoms with van der Waals surface area (Å²) in [6.45, 7) is 0. The number of nitrogens with one attached hydrogen (secondary N) is 1. The Hall–Kier alpha value is -3.68. The maximum atomic E-state index is 12.8. The van der Waals surface area contributed by atoms with Crippen LogP contribution in [-0.4, -0.2) is 24.1 Å². The molecule has 0 radical (unpaired) electrons. The SMILES string of the molecule is O=C(Oc1ccc(/C=N/NC(=O)C2CCCCC2)c(OC(=O)c2ccc(Cl)cc2)c1)c1ccc(Cl)cc1. The van der Waals surface area contributed by atoms with Crippen LogP contribution >= 0.6 is 23.2 Å². The fraction of sp³-hybridized carbons (Fsp3) is 0.214. The van der Waals surface area contributed by atoms with Crippen LogP contribution in [0, 0.1) is 5.92 Å². The van der Waals surface area contributed by atoms with Crippen LogP contribution in [0.3, 0.4) is 0 Å². The third-order valence-electron chi connectivity index (χ3n) is 5.91. The molecule has 4 rings (SSSR count). The van der Waals surface area contributed by atoms with Crippen molar-refractivity contribution in [1.82, 2.24) is 5.43 Å². The van der Waals surface area contributed by atoms with Gasteiger partial charge < -0.3 is 9.47 Å². The van der Waals surface area contributed by atoms with Gasteiger partial charge >= 0.3 is 11.9 Å². The van der Waals surface area contributed by atoms with Gasteiger partial charge in [0.15, 0.2) is 0 Å². The van der Waals surface area contributed by atoms with Crippen LogP contribution in [-0.2, 0) is 4.79 Å². The number of hydrogen-bond acceptors (Lipinski definition) is 6. The number of halogens is 2. The highest BCUT2D eigenvalue weighted by Gasteiger charge is 2.20. The molecular weight excluding hydrogens is 515 g/mol. The van der Waals surface area contributed by atoms with Crippen molar-refractivity contribution in [2.24, 2.45) is 11.0 Å². The van der Waals surface area contributed by atoms with E-state index in [2.05, 4.69) is 10.5 Å². The smallest absolute Gasteiger partial charge is 0.343 e. The van der Waals surface area contributed by atoms with E-state index in [0.717, 1.165) is 32.1 Å². The normalized spacial score (nSPS) is 13.8. The average Bonchev–Trinajstić information content (AvgIpc) is 2.91. The zero-order valence-electron chi connectivity index (χ0n) is 19.8. The molecule has 9 heteroatoms. The summed E-state index contributed by atoms with van der Waals surface area (Å²) < 4.78 is 11.1. The fourth-order valence-corrected chi connectivity index (χ4v) is 4.14. The van der Waals surface area contributed by atoms with Crippen LogP contribution in [0.4, 0.5) is 0 Å². The summed E-state index contributed by atoms with van der Waals surface area (Å²) in [5, 5.41) is 5.04. The summed E-state index contributed by atoms with van der Waals surface area (Å²) in [7, 11) is 0. The van der Waals surface area contributed by atoms with Gasteiger partial charge in [-0.15, -0.1) is 0 Å². The Bertz CT molecular complexity index is 1300. The number of amides is 1. The first kappa shape index (κ1) is 26.4. The predicted molar refractivity (Wildman–Crippen MR) is 142 cm³/mol. The number of rotatable bonds is 7. The second kappa shape index (κ2) is 12.5. The Morgan fingerprint density at radius 1 is 0.784 bits per heavy atom. The lowest BCUT2D eigenvalue weighted by Crippen LogP contribution is -2.28. The van der Waals surface area contributed by atoms with Crippen molar-refractivity contribution in [3.8, 4) is 11.5 Å². The molecule has 1 amide bonds. The molecule has 0 aliphatic heterocycles. The van der Waals surface area contributed by atoms with Gasteiger partial charge in [0.2, 0.25) is 5.91 Å². The van der Waals surface area contributed by atoms with Crippen molar-refractivity contribution in [1.29, 1.82) is 0 Å². The van der Waals surface area contributed by atoms with Gasteiger partial charge in [-0.1, -0.05) is 42.5 Å². The molecule has 0 saturated heterocycles. The lowest BCUT2D eigenvalue weighted by molar-refractivity contribution is -0.125. The average molecular weight is 539 g/mol. The minimum atomic E-state index is -0.640. The first-order valence-electron chi connectivity index (χ1n) is 11.8. The molecule has 1 aliphatic rings. The van der Waals surface area contributed by atoms with Gasteiger partial charge in [-0.3, -0.25) is 4.79 Å². The molecule has 0 spiro atoms. The molecule has 3 aromatic carbocycles. The van der Waals surface area contributed by atoms with E-state index >= 15 is 0 Å². The molecule has 0 bridgehead atoms. The van der Waals surface area contributed by atoms with E-state index in [1.165, 1.54) is 30.5 Å². The van der Waals surface area contributed by atoms with Crippen LogP contribution in [0.25, 0.3) is 0 Å². The molecule has 0 heterocycles. The monoisotopic (exact) mass is 538 g/mol. The lowest BCUT2D eigenvalue weighted by atomic mass is 9.89. The number of esters is 2. The zero-order chi connectivity index (χ0) is 26.2. The maximum absolute atomic E-state index is 12.8. The van der Waals surface area contributed by atoms with E-state index in [9.17, 15) is 14.4 Å². The van der Waals surface area contributed by atoms with Crippen molar-refractivity contribution >= 4 is 47.3 Å². The van der Waals surface area contributed by atoms with E-state index in [-0.39, 0.29) is 28.9 Å². The molecule has 1 fully saturated rings. The molecule has 7 nitrogen and oxygen atoms in total. The summed E-state index contributed by atoms with van der Waals surface area (Å²) >= 11 is 11.8. The molecule has 0 aromatic heterocycles. The van der Waals surface area contributed by atoms with E-state index < -0.39 is 11.9 Å². The number of hydrogen-bond donors (Lipinski definition) is 1. The third kappa shape index (κ3) is 7.41. The summed E-state index contributed by atoms with van der Waals surface area (Å²) in [6.07, 6.45) is 6.28. The van der Waals surface area contributed by atoms with Crippen LogP contribution in [0.2, 0.25) is 10.0 Å². The Morgan fingerprint density at radius 3 is 1.95 bits per heavy atom. The summed E-state index contributed by atoms with van der Waals surface area (Å²) in [6, 6.07) is 17.0. The second-order valence-electron chi connectivity index (χ2n) is 8.56. The quantitative estimate of drug-likeness (QED) is 0.161. The second-order valence-corrected chi connectivity index (χ2v) is 9.43. The Kier molecular flexibility index (Phi) is 8.93. The van der Waals surface area contributed by atoms with E-state index in [0.29, 0.717) is 21.2 Å².